The first-order valence-electron chi connectivity index (χ1n) is 3.31. The maximum Gasteiger partial charge on any atom is 0.378 e. The number of carbonyl (C=O) groups excluding carboxylic acids is 1. The number of hydrogen-bond acceptors (Lipinski definition) is 3. The lowest BCUT2D eigenvalue weighted by molar-refractivity contribution is -0.147. The lowest BCUT2D eigenvalue weighted by Crippen LogP contribution is -2.25. The standard InChI is InChI=1S/C7H11NO3/c1-3-5(8-4-2)6(9)7(10)11/h3,8H,4H2,1-2H3,(H,10,11). The van der Waals surface area contributed by atoms with Gasteiger partial charge in [0.05, 0.1) is 5.70 Å². The summed E-state index contributed by atoms with van der Waals surface area (Å²) in [5, 5.41) is 10.9. The first kappa shape index (κ1) is 9.68. The third kappa shape index (κ3) is 2.84. The lowest BCUT2D eigenvalue weighted by Gasteiger charge is -2.02. The fourth-order valence-electron chi connectivity index (χ4n) is 0.619. The smallest absolute Gasteiger partial charge is 0.378 e. The van der Waals surface area contributed by atoms with Gasteiger partial charge in [-0.05, 0) is 13.8 Å². The van der Waals surface area contributed by atoms with Crippen molar-refractivity contribution in [3.05, 3.63) is 11.8 Å². The highest BCUT2D eigenvalue weighted by molar-refractivity contribution is 6.39. The lowest BCUT2D eigenvalue weighted by atomic mass is 10.3. The molecule has 0 aliphatic rings. The van der Waals surface area contributed by atoms with E-state index in [0.717, 1.165) is 0 Å². The van der Waals surface area contributed by atoms with Crippen LogP contribution < -0.4 is 5.32 Å². The van der Waals surface area contributed by atoms with Crippen LogP contribution in [0.4, 0.5) is 0 Å². The second-order valence-corrected chi connectivity index (χ2v) is 1.87. The summed E-state index contributed by atoms with van der Waals surface area (Å²) in [7, 11) is 0. The number of aliphatic carboxylic acids is 1. The molecule has 0 aliphatic carbocycles. The minimum Gasteiger partial charge on any atom is -0.475 e. The zero-order chi connectivity index (χ0) is 8.85. The Balaban J connectivity index is 4.28. The van der Waals surface area contributed by atoms with Crippen molar-refractivity contribution in [2.24, 2.45) is 0 Å². The maximum absolute atomic E-state index is 10.7. The number of likely N-dealkylation sites (N-methyl/N-ethyl adjacent to an activating group) is 1. The molecular formula is C7H11NO3. The van der Waals surface area contributed by atoms with Gasteiger partial charge < -0.3 is 10.4 Å². The van der Waals surface area contributed by atoms with E-state index >= 15 is 0 Å². The number of hydrogen-bond donors (Lipinski definition) is 2. The molecule has 0 aromatic heterocycles. The molecule has 4 nitrogen and oxygen atoms in total. The molecule has 0 rings (SSSR count). The Hall–Kier alpha value is -1.32. The largest absolute Gasteiger partial charge is 0.475 e. The fraction of sp³-hybridized carbons (Fsp3) is 0.429. The highest BCUT2D eigenvalue weighted by atomic mass is 16.4. The Morgan fingerprint density at radius 2 is 2.09 bits per heavy atom. The fourth-order valence-corrected chi connectivity index (χ4v) is 0.619. The van der Waals surface area contributed by atoms with Crippen molar-refractivity contribution >= 4 is 11.8 Å². The van der Waals surface area contributed by atoms with E-state index in [9.17, 15) is 9.59 Å². The molecule has 11 heavy (non-hydrogen) atoms. The van der Waals surface area contributed by atoms with Gasteiger partial charge in [-0.3, -0.25) is 4.79 Å². The van der Waals surface area contributed by atoms with Gasteiger partial charge in [0.15, 0.2) is 0 Å². The Labute approximate surface area is 64.9 Å². The van der Waals surface area contributed by atoms with Crippen molar-refractivity contribution in [3.8, 4) is 0 Å². The minimum atomic E-state index is -1.43. The normalized spacial score (nSPS) is 10.9. The van der Waals surface area contributed by atoms with Gasteiger partial charge in [0.1, 0.15) is 0 Å². The van der Waals surface area contributed by atoms with E-state index in [1.165, 1.54) is 6.08 Å². The Kier molecular flexibility index (Phi) is 3.95. The van der Waals surface area contributed by atoms with Crippen LogP contribution in [0.3, 0.4) is 0 Å². The van der Waals surface area contributed by atoms with E-state index in [1.54, 1.807) is 13.8 Å². The monoisotopic (exact) mass is 157 g/mol. The van der Waals surface area contributed by atoms with E-state index in [-0.39, 0.29) is 5.70 Å². The Morgan fingerprint density at radius 1 is 1.55 bits per heavy atom. The number of ketones is 1. The number of Topliss-reactive ketones (excluding diaryl/α,β-unsaturated/α-hetero) is 1. The number of rotatable bonds is 4. The highest BCUT2D eigenvalue weighted by Gasteiger charge is 2.15. The van der Waals surface area contributed by atoms with Crippen LogP contribution in [0.5, 0.6) is 0 Å². The predicted octanol–water partition coefficient (Wildman–Crippen LogP) is 0.153. The second-order valence-electron chi connectivity index (χ2n) is 1.87. The minimum absolute atomic E-state index is 0.139. The van der Waals surface area contributed by atoms with Crippen LogP contribution in [0.25, 0.3) is 0 Å². The van der Waals surface area contributed by atoms with Crippen molar-refractivity contribution in [1.29, 1.82) is 0 Å². The maximum atomic E-state index is 10.7. The molecule has 0 aliphatic heterocycles. The van der Waals surface area contributed by atoms with Crippen molar-refractivity contribution < 1.29 is 14.7 Å². The van der Waals surface area contributed by atoms with Crippen LogP contribution in [0, 0.1) is 0 Å². The SMILES string of the molecule is CC=C(NCC)C(=O)C(=O)O. The first-order chi connectivity index (χ1) is 5.13. The summed E-state index contributed by atoms with van der Waals surface area (Å²) in [5.41, 5.74) is 0.139. The van der Waals surface area contributed by atoms with Crippen molar-refractivity contribution in [2.45, 2.75) is 13.8 Å². The molecule has 0 atom stereocenters. The van der Waals surface area contributed by atoms with Gasteiger partial charge in [0, 0.05) is 6.54 Å². The summed E-state index contributed by atoms with van der Waals surface area (Å²) in [5.74, 6) is -2.33. The molecule has 0 spiro atoms. The van der Waals surface area contributed by atoms with Gasteiger partial charge in [-0.1, -0.05) is 6.08 Å². The summed E-state index contributed by atoms with van der Waals surface area (Å²) >= 11 is 0. The summed E-state index contributed by atoms with van der Waals surface area (Å²) in [6.07, 6.45) is 1.44. The first-order valence-corrected chi connectivity index (χ1v) is 3.31. The number of allylic oxidation sites excluding steroid dienone is 1. The summed E-state index contributed by atoms with van der Waals surface area (Å²) in [6, 6.07) is 0. The second kappa shape index (κ2) is 4.49. The van der Waals surface area contributed by atoms with Gasteiger partial charge >= 0.3 is 5.97 Å². The molecule has 0 heterocycles. The van der Waals surface area contributed by atoms with E-state index in [2.05, 4.69) is 5.32 Å². The molecule has 0 saturated heterocycles. The highest BCUT2D eigenvalue weighted by Crippen LogP contribution is 1.90. The van der Waals surface area contributed by atoms with Crippen LogP contribution in [0.1, 0.15) is 13.8 Å². The third-order valence-electron chi connectivity index (χ3n) is 1.09. The number of carboxylic acids is 1. The average molecular weight is 157 g/mol. The van der Waals surface area contributed by atoms with Crippen LogP contribution in [-0.2, 0) is 9.59 Å². The van der Waals surface area contributed by atoms with Crippen molar-refractivity contribution in [1.82, 2.24) is 5.32 Å². The molecule has 0 fully saturated rings. The number of carbonyl (C=O) groups is 2. The quantitative estimate of drug-likeness (QED) is 0.450. The summed E-state index contributed by atoms with van der Waals surface area (Å²) in [6.45, 7) is 3.94. The molecule has 0 amide bonds. The van der Waals surface area contributed by atoms with E-state index in [1.807, 2.05) is 0 Å². The van der Waals surface area contributed by atoms with E-state index in [0.29, 0.717) is 6.54 Å². The molecule has 0 bridgehead atoms. The van der Waals surface area contributed by atoms with Crippen LogP contribution in [0.15, 0.2) is 11.8 Å². The van der Waals surface area contributed by atoms with E-state index in [4.69, 9.17) is 5.11 Å². The van der Waals surface area contributed by atoms with Crippen LogP contribution >= 0.6 is 0 Å². The Morgan fingerprint density at radius 3 is 2.36 bits per heavy atom. The summed E-state index contributed by atoms with van der Waals surface area (Å²) < 4.78 is 0. The van der Waals surface area contributed by atoms with Gasteiger partial charge in [-0.2, -0.15) is 0 Å². The molecule has 0 radical (unpaired) electrons. The number of nitrogens with one attached hydrogen (secondary N) is 1. The van der Waals surface area contributed by atoms with E-state index < -0.39 is 11.8 Å². The Bertz CT molecular complexity index is 196. The molecular weight excluding hydrogens is 146 g/mol. The van der Waals surface area contributed by atoms with Gasteiger partial charge in [0.2, 0.25) is 0 Å². The molecule has 2 N–H and O–H groups in total. The molecule has 62 valence electrons. The molecule has 0 aromatic carbocycles. The van der Waals surface area contributed by atoms with Crippen molar-refractivity contribution in [3.63, 3.8) is 0 Å². The molecule has 4 heteroatoms. The van der Waals surface area contributed by atoms with Crippen molar-refractivity contribution in [2.75, 3.05) is 6.54 Å². The number of carboxylic acid groups (broad SMARTS) is 1. The van der Waals surface area contributed by atoms with Gasteiger partial charge in [0.25, 0.3) is 5.78 Å². The van der Waals surface area contributed by atoms with Crippen LogP contribution in [-0.4, -0.2) is 23.4 Å². The zero-order valence-electron chi connectivity index (χ0n) is 6.55. The van der Waals surface area contributed by atoms with Gasteiger partial charge in [-0.15, -0.1) is 0 Å². The average Bonchev–Trinajstić information content (AvgIpc) is 1.98. The predicted molar refractivity (Wildman–Crippen MR) is 40.1 cm³/mol. The molecule has 0 unspecified atom stereocenters. The van der Waals surface area contributed by atoms with Crippen LogP contribution in [0.2, 0.25) is 0 Å². The topological polar surface area (TPSA) is 66.4 Å². The van der Waals surface area contributed by atoms with Gasteiger partial charge in [-0.25, -0.2) is 4.79 Å². The zero-order valence-corrected chi connectivity index (χ0v) is 6.55. The molecule has 0 saturated carbocycles. The summed E-state index contributed by atoms with van der Waals surface area (Å²) in [4.78, 5) is 20.9. The molecule has 0 aromatic rings. The third-order valence-corrected chi connectivity index (χ3v) is 1.09.